The number of piperidine rings is 1. The first kappa shape index (κ1) is 27.6. The molecule has 3 heterocycles. The number of aromatic amines is 1. The SMILES string of the molecule is CC(C)N1CCC(c2cc3cc(C(=O)c4cnn(-c5ccc(Oc6ccccc6F)cc5F)c4N)[nH]c3cc2F)CC1. The molecule has 5 aromatic rings. The average Bonchev–Trinajstić information content (AvgIpc) is 3.56. The number of ketones is 1. The number of carbonyl (C=O) groups excluding carboxylic acids is 1. The Balaban J connectivity index is 1.23. The fourth-order valence-corrected chi connectivity index (χ4v) is 5.58. The largest absolute Gasteiger partial charge is 0.454 e. The molecular formula is C32H30F3N5O2. The number of likely N-dealkylation sites (tertiary alicyclic amines) is 1. The molecule has 0 amide bonds. The van der Waals surface area contributed by atoms with E-state index in [1.165, 1.54) is 42.6 Å². The highest BCUT2D eigenvalue weighted by atomic mass is 19.1. The van der Waals surface area contributed by atoms with Gasteiger partial charge < -0.3 is 20.4 Å². The van der Waals surface area contributed by atoms with Crippen LogP contribution in [0.5, 0.6) is 11.5 Å². The van der Waals surface area contributed by atoms with Crippen molar-refractivity contribution in [3.8, 4) is 17.2 Å². The van der Waals surface area contributed by atoms with Crippen LogP contribution in [0.2, 0.25) is 0 Å². The predicted octanol–water partition coefficient (Wildman–Crippen LogP) is 6.96. The van der Waals surface area contributed by atoms with Gasteiger partial charge in [-0.05, 0) is 93.7 Å². The second-order valence-corrected chi connectivity index (χ2v) is 10.9. The van der Waals surface area contributed by atoms with Crippen LogP contribution in [-0.2, 0) is 0 Å². The van der Waals surface area contributed by atoms with Crippen molar-refractivity contribution in [1.29, 1.82) is 0 Å². The minimum Gasteiger partial charge on any atom is -0.454 e. The molecule has 42 heavy (non-hydrogen) atoms. The summed E-state index contributed by atoms with van der Waals surface area (Å²) < 4.78 is 50.7. The fourth-order valence-electron chi connectivity index (χ4n) is 5.58. The van der Waals surface area contributed by atoms with Gasteiger partial charge in [0, 0.05) is 23.0 Å². The molecule has 0 bridgehead atoms. The zero-order valence-corrected chi connectivity index (χ0v) is 23.2. The summed E-state index contributed by atoms with van der Waals surface area (Å²) in [5.41, 5.74) is 7.68. The molecule has 3 N–H and O–H groups in total. The summed E-state index contributed by atoms with van der Waals surface area (Å²) in [5, 5.41) is 4.86. The maximum atomic E-state index is 15.1. The number of nitrogens with zero attached hydrogens (tertiary/aromatic N) is 3. The summed E-state index contributed by atoms with van der Waals surface area (Å²) in [4.78, 5) is 18.8. The van der Waals surface area contributed by atoms with Crippen molar-refractivity contribution in [3.05, 3.63) is 101 Å². The third-order valence-electron chi connectivity index (χ3n) is 7.95. The van der Waals surface area contributed by atoms with Crippen molar-refractivity contribution in [2.24, 2.45) is 0 Å². The molecule has 1 aliphatic rings. The molecule has 6 rings (SSSR count). The first-order valence-corrected chi connectivity index (χ1v) is 13.9. The molecule has 1 aliphatic heterocycles. The fraction of sp³-hybridized carbons (Fsp3) is 0.250. The molecule has 1 saturated heterocycles. The Hall–Kier alpha value is -4.57. The molecule has 3 aromatic carbocycles. The lowest BCUT2D eigenvalue weighted by molar-refractivity contribution is 0.103. The van der Waals surface area contributed by atoms with E-state index in [1.807, 2.05) is 6.07 Å². The van der Waals surface area contributed by atoms with E-state index in [0.29, 0.717) is 17.1 Å². The van der Waals surface area contributed by atoms with Crippen LogP contribution in [0.25, 0.3) is 16.6 Å². The van der Waals surface area contributed by atoms with Crippen molar-refractivity contribution in [2.45, 2.75) is 38.6 Å². The van der Waals surface area contributed by atoms with Crippen LogP contribution in [0.4, 0.5) is 19.0 Å². The van der Waals surface area contributed by atoms with E-state index in [1.54, 1.807) is 12.1 Å². The highest BCUT2D eigenvalue weighted by molar-refractivity contribution is 6.12. The Morgan fingerprint density at radius 1 is 1.00 bits per heavy atom. The lowest BCUT2D eigenvalue weighted by Gasteiger charge is -2.34. The van der Waals surface area contributed by atoms with E-state index in [-0.39, 0.29) is 46.0 Å². The zero-order valence-electron chi connectivity index (χ0n) is 23.2. The Morgan fingerprint density at radius 2 is 1.76 bits per heavy atom. The Kier molecular flexibility index (Phi) is 7.24. The molecule has 10 heteroatoms. The third-order valence-corrected chi connectivity index (χ3v) is 7.95. The van der Waals surface area contributed by atoms with Crippen molar-refractivity contribution in [1.82, 2.24) is 19.7 Å². The summed E-state index contributed by atoms with van der Waals surface area (Å²) in [6.45, 7) is 6.17. The van der Waals surface area contributed by atoms with Crippen LogP contribution in [0, 0.1) is 17.5 Å². The zero-order chi connectivity index (χ0) is 29.5. The number of carbonyl (C=O) groups is 1. The van der Waals surface area contributed by atoms with Crippen molar-refractivity contribution in [3.63, 3.8) is 0 Å². The topological polar surface area (TPSA) is 89.2 Å². The second-order valence-electron chi connectivity index (χ2n) is 10.9. The Bertz CT molecular complexity index is 1790. The molecule has 2 aromatic heterocycles. The number of benzene rings is 3. The van der Waals surface area contributed by atoms with E-state index in [0.717, 1.165) is 42.1 Å². The van der Waals surface area contributed by atoms with E-state index in [4.69, 9.17) is 10.5 Å². The van der Waals surface area contributed by atoms with E-state index in [9.17, 15) is 9.18 Å². The van der Waals surface area contributed by atoms with Gasteiger partial charge in [-0.1, -0.05) is 12.1 Å². The van der Waals surface area contributed by atoms with Gasteiger partial charge >= 0.3 is 0 Å². The highest BCUT2D eigenvalue weighted by Gasteiger charge is 2.26. The number of ether oxygens (including phenoxy) is 1. The third kappa shape index (κ3) is 5.14. The molecule has 7 nitrogen and oxygen atoms in total. The van der Waals surface area contributed by atoms with Gasteiger partial charge in [0.1, 0.15) is 23.1 Å². The monoisotopic (exact) mass is 573 g/mol. The van der Waals surface area contributed by atoms with Gasteiger partial charge in [-0.2, -0.15) is 5.10 Å². The van der Waals surface area contributed by atoms with Crippen LogP contribution in [-0.4, -0.2) is 44.6 Å². The maximum absolute atomic E-state index is 15.1. The van der Waals surface area contributed by atoms with Gasteiger partial charge in [-0.15, -0.1) is 0 Å². The van der Waals surface area contributed by atoms with Crippen LogP contribution < -0.4 is 10.5 Å². The van der Waals surface area contributed by atoms with E-state index >= 15 is 8.78 Å². The van der Waals surface area contributed by atoms with E-state index < -0.39 is 17.4 Å². The van der Waals surface area contributed by atoms with Crippen molar-refractivity contribution >= 4 is 22.5 Å². The van der Waals surface area contributed by atoms with Crippen molar-refractivity contribution in [2.75, 3.05) is 18.8 Å². The number of para-hydroxylation sites is 1. The highest BCUT2D eigenvalue weighted by Crippen LogP contribution is 2.34. The summed E-state index contributed by atoms with van der Waals surface area (Å²) in [6, 6.07) is 15.1. The number of H-pyrrole nitrogens is 1. The number of nitrogens with one attached hydrogen (secondary N) is 1. The van der Waals surface area contributed by atoms with Gasteiger partial charge in [0.2, 0.25) is 5.78 Å². The number of hydrogen-bond acceptors (Lipinski definition) is 5. The molecule has 0 radical (unpaired) electrons. The minimum absolute atomic E-state index is 0.0145. The Morgan fingerprint density at radius 3 is 2.48 bits per heavy atom. The number of aromatic nitrogens is 3. The molecule has 0 atom stereocenters. The van der Waals surface area contributed by atoms with Gasteiger partial charge in [-0.25, -0.2) is 17.9 Å². The predicted molar refractivity (Wildman–Crippen MR) is 155 cm³/mol. The Labute approximate surface area is 240 Å². The molecule has 0 unspecified atom stereocenters. The minimum atomic E-state index is -0.731. The molecule has 1 fully saturated rings. The normalized spacial score (nSPS) is 14.6. The number of hydrogen-bond donors (Lipinski definition) is 2. The van der Waals surface area contributed by atoms with E-state index in [2.05, 4.69) is 28.8 Å². The van der Waals surface area contributed by atoms with Crippen LogP contribution >= 0.6 is 0 Å². The van der Waals surface area contributed by atoms with Crippen molar-refractivity contribution < 1.29 is 22.7 Å². The summed E-state index contributed by atoms with van der Waals surface area (Å²) >= 11 is 0. The van der Waals surface area contributed by atoms with Gasteiger partial charge in [0.05, 0.1) is 17.5 Å². The average molecular weight is 574 g/mol. The number of halogens is 3. The first-order chi connectivity index (χ1) is 20.2. The number of rotatable bonds is 7. The lowest BCUT2D eigenvalue weighted by Crippen LogP contribution is -2.37. The summed E-state index contributed by atoms with van der Waals surface area (Å²) in [6.07, 6.45) is 3.01. The molecule has 216 valence electrons. The number of fused-ring (bicyclic) bond motifs is 1. The first-order valence-electron chi connectivity index (χ1n) is 13.9. The molecule has 0 spiro atoms. The lowest BCUT2D eigenvalue weighted by atomic mass is 9.88. The maximum Gasteiger partial charge on any atom is 0.214 e. The van der Waals surface area contributed by atoms with Gasteiger partial charge in [-0.3, -0.25) is 4.79 Å². The van der Waals surface area contributed by atoms with Crippen LogP contribution in [0.3, 0.4) is 0 Å². The molecule has 0 saturated carbocycles. The summed E-state index contributed by atoms with van der Waals surface area (Å²) in [7, 11) is 0. The molecule has 0 aliphatic carbocycles. The van der Waals surface area contributed by atoms with Gasteiger partial charge in [0.15, 0.2) is 17.4 Å². The quantitative estimate of drug-likeness (QED) is 0.206. The number of nitrogen functional groups attached to an aromatic ring is 1. The smallest absolute Gasteiger partial charge is 0.214 e. The standard InChI is InChI=1S/C32H30F3N5O2/c1-18(2)39-11-9-19(10-12-39)22-13-20-14-28(38-27(20)16-25(22)34)31(41)23-17-37-40(32(23)36)29-8-7-21(15-26(29)35)42-30-6-4-3-5-24(30)33/h3-8,13-19,38H,9-12,36H2,1-2H3. The van der Waals surface area contributed by atoms with Gasteiger partial charge in [0.25, 0.3) is 0 Å². The molecular weight excluding hydrogens is 543 g/mol. The van der Waals surface area contributed by atoms with Crippen LogP contribution in [0.1, 0.15) is 54.2 Å². The number of anilines is 1. The van der Waals surface area contributed by atoms with Crippen LogP contribution in [0.15, 0.2) is 66.9 Å². The summed E-state index contributed by atoms with van der Waals surface area (Å²) in [5.74, 6) is -1.97. The second kappa shape index (κ2) is 11.0. The number of nitrogens with two attached hydrogens (primary N) is 1.